The molecule has 2 saturated carbocycles. The second-order valence-electron chi connectivity index (χ2n) is 14.8. The zero-order valence-corrected chi connectivity index (χ0v) is 32.6. The van der Waals surface area contributed by atoms with Crippen molar-refractivity contribution >= 4 is 93.5 Å². The van der Waals surface area contributed by atoms with Crippen molar-refractivity contribution in [3.63, 3.8) is 0 Å². The minimum atomic E-state index is -1.66. The Balaban J connectivity index is 1.58. The highest BCUT2D eigenvalue weighted by molar-refractivity contribution is 6.47. The molecule has 8 nitrogen and oxygen atoms in total. The second-order valence-corrected chi connectivity index (χ2v) is 17.2. The van der Waals surface area contributed by atoms with Gasteiger partial charge in [-0.05, 0) is 33.8 Å². The maximum atomic E-state index is 13.4. The van der Waals surface area contributed by atoms with E-state index < -0.39 is 46.5 Å². The molecule has 14 heteroatoms. The molecular weight excluding hydrogens is 749 g/mol. The van der Waals surface area contributed by atoms with Crippen molar-refractivity contribution in [1.29, 1.82) is 0 Å². The number of halogens is 6. The van der Waals surface area contributed by atoms with Crippen molar-refractivity contribution in [3.05, 3.63) is 53.4 Å². The summed E-state index contributed by atoms with van der Waals surface area (Å²) in [5.74, 6) is -6.49. The predicted molar refractivity (Wildman–Crippen MR) is 186 cm³/mol. The van der Waals surface area contributed by atoms with Gasteiger partial charge in [-0.25, -0.2) is 19.2 Å². The summed E-state index contributed by atoms with van der Waals surface area (Å²) in [6.45, 7) is 20.4. The average Bonchev–Trinajstić information content (AvgIpc) is 3.47. The molecule has 48 heavy (non-hydrogen) atoms. The molecule has 2 aliphatic rings. The van der Waals surface area contributed by atoms with E-state index in [1.807, 2.05) is 13.8 Å². The van der Waals surface area contributed by atoms with Gasteiger partial charge in [-0.15, -0.1) is 0 Å². The van der Waals surface area contributed by atoms with Crippen LogP contribution >= 0.6 is 69.6 Å². The van der Waals surface area contributed by atoms with Crippen LogP contribution in [0.15, 0.2) is 12.1 Å². The molecule has 2 aliphatic carbocycles. The van der Waals surface area contributed by atoms with Crippen molar-refractivity contribution in [2.75, 3.05) is 13.2 Å². The minimum Gasteiger partial charge on any atom is -0.461 e. The van der Waals surface area contributed by atoms with Crippen molar-refractivity contribution in [2.24, 2.45) is 32.5 Å². The van der Waals surface area contributed by atoms with E-state index in [-0.39, 0.29) is 75.8 Å². The molecule has 0 amide bonds. The fourth-order valence-electron chi connectivity index (χ4n) is 6.70. The number of rotatable bonds is 8. The van der Waals surface area contributed by atoms with Crippen molar-refractivity contribution in [2.45, 2.75) is 69.2 Å². The Kier molecular flexibility index (Phi) is 10.0. The molecule has 0 unspecified atom stereocenters. The van der Waals surface area contributed by atoms with E-state index in [0.717, 1.165) is 12.1 Å². The molecule has 0 N–H and O–H groups in total. The lowest BCUT2D eigenvalue weighted by Crippen LogP contribution is -2.28. The minimum absolute atomic E-state index is 0.00453. The van der Waals surface area contributed by atoms with Crippen LogP contribution in [-0.4, -0.2) is 37.1 Å². The van der Waals surface area contributed by atoms with Gasteiger partial charge in [-0.2, -0.15) is 0 Å². The summed E-state index contributed by atoms with van der Waals surface area (Å²) in [6, 6.07) is 2.24. The molecule has 0 aromatic heterocycles. The van der Waals surface area contributed by atoms with Gasteiger partial charge >= 0.3 is 23.9 Å². The smallest absolute Gasteiger partial charge is 0.423 e. The standard InChI is InChI=1S/C34H36Cl6O8/c1-29(2)30(3,4)33(29,9)13-45-25(41)19-21(39)15(35)11-17(37)23(19)47-27(43)28(44)48-24-18(38)12-16(36)22(40)20(24)26(42)46-14-34(10)31(5,6)32(34,7)8/h11-12H,13-14H2,1-10H3. The third-order valence-electron chi connectivity index (χ3n) is 12.7. The van der Waals surface area contributed by atoms with Gasteiger partial charge in [0.2, 0.25) is 0 Å². The van der Waals surface area contributed by atoms with Gasteiger partial charge in [-0.1, -0.05) is 139 Å². The lowest BCUT2D eigenvalue weighted by molar-refractivity contribution is -0.156. The summed E-state index contributed by atoms with van der Waals surface area (Å²) in [5.41, 5.74) is -2.36. The highest BCUT2D eigenvalue weighted by Gasteiger charge is 2.75. The van der Waals surface area contributed by atoms with Gasteiger partial charge in [0, 0.05) is 10.8 Å². The summed E-state index contributed by atoms with van der Waals surface area (Å²) in [4.78, 5) is 52.9. The molecular formula is C34H36Cl6O8. The van der Waals surface area contributed by atoms with Crippen LogP contribution in [0.4, 0.5) is 0 Å². The Morgan fingerprint density at radius 2 is 0.771 bits per heavy atom. The third kappa shape index (κ3) is 5.67. The first-order valence-corrected chi connectivity index (χ1v) is 17.1. The lowest BCUT2D eigenvalue weighted by atomic mass is 9.99. The highest BCUT2D eigenvalue weighted by atomic mass is 35.5. The number of esters is 4. The van der Waals surface area contributed by atoms with Gasteiger partial charge in [0.1, 0.15) is 11.1 Å². The third-order valence-corrected chi connectivity index (χ3v) is 14.9. The largest absolute Gasteiger partial charge is 0.461 e. The Morgan fingerprint density at radius 3 is 1.02 bits per heavy atom. The average molecular weight is 785 g/mol. The number of carbonyl (C=O) groups is 4. The molecule has 0 atom stereocenters. The molecule has 0 saturated heterocycles. The van der Waals surface area contributed by atoms with E-state index in [9.17, 15) is 19.2 Å². The van der Waals surface area contributed by atoms with Gasteiger partial charge in [0.05, 0.1) is 43.3 Å². The number of hydrogen-bond acceptors (Lipinski definition) is 8. The summed E-state index contributed by atoms with van der Waals surface area (Å²) in [6.07, 6.45) is 0. The SMILES string of the molecule is CC1(C)C(C)(C)C1(C)COC(=O)c1c(Cl)c(Cl)cc(Cl)c1OC(=O)C(=O)Oc1c(Cl)cc(Cl)c(Cl)c1C(=O)OCC1(C)C(C)(C)C1(C)C. The van der Waals surface area contributed by atoms with Crippen LogP contribution < -0.4 is 9.47 Å². The molecule has 0 heterocycles. The van der Waals surface area contributed by atoms with Crippen LogP contribution in [0.2, 0.25) is 30.1 Å². The first-order chi connectivity index (χ1) is 21.7. The number of carbonyl (C=O) groups excluding carboxylic acids is 4. The Labute approximate surface area is 309 Å². The van der Waals surface area contributed by atoms with E-state index in [2.05, 4.69) is 55.4 Å². The number of hydrogen-bond donors (Lipinski definition) is 0. The normalized spacial score (nSPS) is 19.9. The van der Waals surface area contributed by atoms with E-state index >= 15 is 0 Å². The van der Waals surface area contributed by atoms with Crippen molar-refractivity contribution < 1.29 is 38.1 Å². The van der Waals surface area contributed by atoms with E-state index in [4.69, 9.17) is 88.6 Å². The van der Waals surface area contributed by atoms with Gasteiger partial charge in [0.25, 0.3) is 0 Å². The van der Waals surface area contributed by atoms with Crippen LogP contribution in [0.5, 0.6) is 11.5 Å². The Morgan fingerprint density at radius 1 is 0.500 bits per heavy atom. The molecule has 262 valence electrons. The maximum Gasteiger partial charge on any atom is 0.423 e. The number of ether oxygens (including phenoxy) is 4. The van der Waals surface area contributed by atoms with E-state index in [0.29, 0.717) is 0 Å². The summed E-state index contributed by atoms with van der Waals surface area (Å²) < 4.78 is 21.7. The molecule has 0 bridgehead atoms. The first-order valence-electron chi connectivity index (χ1n) is 14.9. The molecule has 4 rings (SSSR count). The van der Waals surface area contributed by atoms with Gasteiger partial charge in [-0.3, -0.25) is 0 Å². The molecule has 2 aromatic rings. The quantitative estimate of drug-likeness (QED) is 0.113. The van der Waals surface area contributed by atoms with Crippen molar-refractivity contribution in [1.82, 2.24) is 0 Å². The summed E-state index contributed by atoms with van der Waals surface area (Å²) in [7, 11) is 0. The maximum absolute atomic E-state index is 13.4. The fourth-order valence-corrected chi connectivity index (χ4v) is 8.13. The fraction of sp³-hybridized carbons (Fsp3) is 0.529. The van der Waals surface area contributed by atoms with Crippen LogP contribution in [0.3, 0.4) is 0 Å². The highest BCUT2D eigenvalue weighted by Crippen LogP contribution is 2.78. The summed E-state index contributed by atoms with van der Waals surface area (Å²) in [5, 5.41) is -1.57. The van der Waals surface area contributed by atoms with Gasteiger partial charge in [0.15, 0.2) is 11.5 Å². The molecule has 0 aliphatic heterocycles. The first kappa shape index (κ1) is 38.9. The summed E-state index contributed by atoms with van der Waals surface area (Å²) >= 11 is 37.7. The molecule has 0 radical (unpaired) electrons. The predicted octanol–water partition coefficient (Wildman–Crippen LogP) is 10.6. The van der Waals surface area contributed by atoms with Crippen LogP contribution in [-0.2, 0) is 19.1 Å². The van der Waals surface area contributed by atoms with Crippen LogP contribution in [0.1, 0.15) is 90.0 Å². The molecule has 2 aromatic carbocycles. The zero-order valence-electron chi connectivity index (χ0n) is 28.1. The van der Waals surface area contributed by atoms with E-state index in [1.54, 1.807) is 0 Å². The van der Waals surface area contributed by atoms with E-state index in [1.165, 1.54) is 0 Å². The number of benzene rings is 2. The monoisotopic (exact) mass is 782 g/mol. The second kappa shape index (κ2) is 12.4. The lowest BCUT2D eigenvalue weighted by Gasteiger charge is -2.19. The van der Waals surface area contributed by atoms with Crippen LogP contribution in [0, 0.1) is 32.5 Å². The molecule has 0 spiro atoms. The Hall–Kier alpha value is -1.94. The van der Waals surface area contributed by atoms with Crippen LogP contribution in [0.25, 0.3) is 0 Å². The Bertz CT molecular complexity index is 1600. The van der Waals surface area contributed by atoms with Crippen molar-refractivity contribution in [3.8, 4) is 11.5 Å². The molecule has 2 fully saturated rings. The van der Waals surface area contributed by atoms with Gasteiger partial charge < -0.3 is 18.9 Å². The zero-order chi connectivity index (χ0) is 36.7. The topological polar surface area (TPSA) is 105 Å².